The number of ether oxygens (including phenoxy) is 2. The summed E-state index contributed by atoms with van der Waals surface area (Å²) in [7, 11) is 0. The second kappa shape index (κ2) is 22.4. The number of carboxylic acids is 2. The molecule has 10 rings (SSSR count). The van der Waals surface area contributed by atoms with Crippen molar-refractivity contribution in [3.8, 4) is 0 Å². The van der Waals surface area contributed by atoms with Crippen LogP contribution in [0.25, 0.3) is 22.2 Å². The maximum absolute atomic E-state index is 13.0. The molecule has 382 valence electrons. The molecule has 6 atom stereocenters. The number of aryl methyl sites for hydroxylation is 4. The molecule has 72 heavy (non-hydrogen) atoms. The van der Waals surface area contributed by atoms with E-state index in [4.69, 9.17) is 33.3 Å². The largest absolute Gasteiger partial charge is 0.480 e. The summed E-state index contributed by atoms with van der Waals surface area (Å²) in [5, 5.41) is 28.1. The van der Waals surface area contributed by atoms with Crippen LogP contribution < -0.4 is 10.6 Å². The van der Waals surface area contributed by atoms with E-state index in [1.807, 2.05) is 60.0 Å². The molecule has 16 nitrogen and oxygen atoms in total. The zero-order valence-corrected chi connectivity index (χ0v) is 42.0. The molecule has 8 heterocycles. The maximum Gasteiger partial charge on any atom is 0.325 e. The molecule has 2 saturated heterocycles. The summed E-state index contributed by atoms with van der Waals surface area (Å²) >= 11 is 0. The van der Waals surface area contributed by atoms with Gasteiger partial charge in [-0.2, -0.15) is 0 Å². The zero-order valence-electron chi connectivity index (χ0n) is 42.0. The zero-order chi connectivity index (χ0) is 49.7. The number of carboxylic acid groups (broad SMARTS) is 2. The first-order valence-corrected chi connectivity index (χ1v) is 26.5. The van der Waals surface area contributed by atoms with E-state index in [2.05, 4.69) is 46.8 Å². The van der Waals surface area contributed by atoms with Crippen LogP contribution in [0, 0.1) is 0 Å². The quantitative estimate of drug-likeness (QED) is 0.0468. The predicted molar refractivity (Wildman–Crippen MR) is 275 cm³/mol. The summed E-state index contributed by atoms with van der Waals surface area (Å²) in [5.74, 6) is 1.47. The number of likely N-dealkylation sites (tertiary alicyclic amines) is 2. The van der Waals surface area contributed by atoms with E-state index in [1.165, 1.54) is 11.1 Å². The van der Waals surface area contributed by atoms with Crippen LogP contribution in [-0.2, 0) is 44.7 Å². The van der Waals surface area contributed by atoms with Crippen molar-refractivity contribution < 1.29 is 38.1 Å². The van der Waals surface area contributed by atoms with Crippen LogP contribution in [0.15, 0.2) is 69.5 Å². The Kier molecular flexibility index (Phi) is 15.5. The van der Waals surface area contributed by atoms with E-state index >= 15 is 0 Å². The summed E-state index contributed by atoms with van der Waals surface area (Å²) in [6.45, 7) is 10.7. The second-order valence-corrected chi connectivity index (χ2v) is 20.8. The summed E-state index contributed by atoms with van der Waals surface area (Å²) in [6, 6.07) is 18.3. The summed E-state index contributed by atoms with van der Waals surface area (Å²) < 4.78 is 25.0. The maximum atomic E-state index is 13.0. The molecule has 4 N–H and O–H groups in total. The Bertz CT molecular complexity index is 2850. The minimum absolute atomic E-state index is 0.0114. The van der Waals surface area contributed by atoms with Gasteiger partial charge in [-0.15, -0.1) is 0 Å². The molecule has 4 aliphatic rings. The van der Waals surface area contributed by atoms with Crippen molar-refractivity contribution in [2.75, 3.05) is 56.6 Å². The number of pyridine rings is 2. The van der Waals surface area contributed by atoms with Crippen LogP contribution in [-0.4, -0.2) is 116 Å². The van der Waals surface area contributed by atoms with Crippen molar-refractivity contribution >= 4 is 45.8 Å². The number of rotatable bonds is 22. The Labute approximate surface area is 421 Å². The first kappa shape index (κ1) is 49.6. The molecule has 0 radical (unpaired) electrons. The van der Waals surface area contributed by atoms with Crippen LogP contribution >= 0.6 is 0 Å². The molecule has 0 bridgehead atoms. The lowest BCUT2D eigenvalue weighted by Gasteiger charge is -2.28. The number of fused-ring (bicyclic) bond motifs is 4. The molecular formula is C56H70N8O8. The third-order valence-electron chi connectivity index (χ3n) is 15.1. The number of aromatic nitrogens is 4. The fourth-order valence-corrected chi connectivity index (χ4v) is 11.2. The summed E-state index contributed by atoms with van der Waals surface area (Å²) in [6.07, 6.45) is 11.9. The fourth-order valence-electron chi connectivity index (χ4n) is 11.2. The van der Waals surface area contributed by atoms with E-state index in [0.717, 1.165) is 113 Å². The van der Waals surface area contributed by atoms with Gasteiger partial charge in [0.2, 0.25) is 0 Å². The van der Waals surface area contributed by atoms with Gasteiger partial charge in [-0.25, -0.2) is 19.9 Å². The van der Waals surface area contributed by atoms with Gasteiger partial charge in [0.05, 0.1) is 12.2 Å². The molecule has 0 saturated carbocycles. The van der Waals surface area contributed by atoms with Crippen LogP contribution in [0.1, 0.15) is 148 Å². The highest BCUT2D eigenvalue weighted by Crippen LogP contribution is 2.37. The highest BCUT2D eigenvalue weighted by atomic mass is 16.5. The number of aliphatic carboxylic acids is 2. The number of benzene rings is 2. The molecule has 2 fully saturated rings. The Hall–Kier alpha value is -5.94. The number of carbonyl (C=O) groups is 2. The minimum Gasteiger partial charge on any atom is -0.480 e. The molecular weight excluding hydrogens is 913 g/mol. The van der Waals surface area contributed by atoms with Crippen LogP contribution in [0.4, 0.5) is 11.6 Å². The standard InChI is InChI=1S/C56H70N8O8/c1-34(2)53-62-47-43(14-9-17-46(47)71-53)48(55(65)66)63-27-24-41(32-63)69-30-7-5-13-39-22-19-37-20-23-40(60-52(37)59-39)31-35(3)54-61-45-16-8-15-44(50(45)72-54)49(56(67)68)64-28-25-42(33-64)70-29-6-4-12-38-21-18-36-11-10-26-57-51(36)58-38/h8-9,14-19,21-22,34-35,40-42,48-49H,4-7,10-13,20,23-33H2,1-3H3,(H,57,58)(H,59,60)(H,65,66)(H,67,68)/t35?,40?,41-,42-,48?,49?/m1/s1. The van der Waals surface area contributed by atoms with E-state index < -0.39 is 24.0 Å². The number of anilines is 2. The summed E-state index contributed by atoms with van der Waals surface area (Å²) in [4.78, 5) is 49.0. The lowest BCUT2D eigenvalue weighted by atomic mass is 9.93. The van der Waals surface area contributed by atoms with Crippen LogP contribution in [0.3, 0.4) is 0 Å². The number of oxazole rings is 2. The van der Waals surface area contributed by atoms with Gasteiger partial charge in [0.25, 0.3) is 0 Å². The molecule has 2 aromatic carbocycles. The number of hydrogen-bond acceptors (Lipinski definition) is 14. The van der Waals surface area contributed by atoms with Crippen molar-refractivity contribution in [3.05, 3.63) is 106 Å². The number of para-hydroxylation sites is 2. The van der Waals surface area contributed by atoms with Crippen molar-refractivity contribution in [2.24, 2.45) is 0 Å². The van der Waals surface area contributed by atoms with Gasteiger partial charge < -0.3 is 39.2 Å². The number of unbranched alkanes of at least 4 members (excludes halogenated alkanes) is 2. The van der Waals surface area contributed by atoms with Crippen LogP contribution in [0.2, 0.25) is 0 Å². The van der Waals surface area contributed by atoms with E-state index in [0.29, 0.717) is 84.5 Å². The molecule has 0 aliphatic carbocycles. The predicted octanol–water partition coefficient (Wildman–Crippen LogP) is 9.64. The SMILES string of the molecule is CC(C)c1nc2c(C(C(=O)O)N3CC[C@@H](OCCCCc4ccc5c(n4)NC(CC(C)c4nc6cccc(C(C(=O)O)N7CC[C@@H](OCCCCc8ccc9c(n8)NCCC9)C7)c6o4)CC5)C3)cccc2o1. The van der Waals surface area contributed by atoms with Gasteiger partial charge >= 0.3 is 11.9 Å². The molecule has 4 unspecified atom stereocenters. The monoisotopic (exact) mass is 983 g/mol. The van der Waals surface area contributed by atoms with Gasteiger partial charge in [0.15, 0.2) is 22.9 Å². The molecule has 4 aliphatic heterocycles. The number of hydrogen-bond donors (Lipinski definition) is 4. The Morgan fingerprint density at radius 1 is 0.708 bits per heavy atom. The van der Waals surface area contributed by atoms with Crippen molar-refractivity contribution in [3.63, 3.8) is 0 Å². The Morgan fingerprint density at radius 2 is 1.35 bits per heavy atom. The van der Waals surface area contributed by atoms with Gasteiger partial charge in [-0.3, -0.25) is 19.4 Å². The number of nitrogens with one attached hydrogen (secondary N) is 2. The molecule has 6 aromatic rings. The first-order chi connectivity index (χ1) is 35.0. The third kappa shape index (κ3) is 11.3. The Morgan fingerprint density at radius 3 is 2.03 bits per heavy atom. The van der Waals surface area contributed by atoms with Gasteiger partial charge in [0.1, 0.15) is 34.8 Å². The third-order valence-corrected chi connectivity index (χ3v) is 15.1. The van der Waals surface area contributed by atoms with Gasteiger partial charge in [-0.05, 0) is 119 Å². The molecule has 16 heteroatoms. The molecule has 4 aromatic heterocycles. The first-order valence-electron chi connectivity index (χ1n) is 26.5. The highest BCUT2D eigenvalue weighted by Gasteiger charge is 2.38. The minimum atomic E-state index is -0.908. The topological polar surface area (TPSA) is 201 Å². The molecule has 0 amide bonds. The average molecular weight is 983 g/mol. The van der Waals surface area contributed by atoms with Gasteiger partial charge in [-0.1, -0.05) is 57.2 Å². The Balaban J connectivity index is 0.674. The molecule has 0 spiro atoms. The van der Waals surface area contributed by atoms with E-state index in [9.17, 15) is 19.8 Å². The van der Waals surface area contributed by atoms with Crippen molar-refractivity contribution in [1.82, 2.24) is 29.7 Å². The van der Waals surface area contributed by atoms with E-state index in [1.54, 1.807) is 0 Å². The lowest BCUT2D eigenvalue weighted by Crippen LogP contribution is -2.33. The van der Waals surface area contributed by atoms with E-state index in [-0.39, 0.29) is 30.1 Å². The van der Waals surface area contributed by atoms with Crippen molar-refractivity contribution in [1.29, 1.82) is 0 Å². The lowest BCUT2D eigenvalue weighted by molar-refractivity contribution is -0.144. The second-order valence-electron chi connectivity index (χ2n) is 20.8. The normalized spacial score (nSPS) is 20.6. The van der Waals surface area contributed by atoms with Gasteiger partial charge in [0, 0.05) is 86.3 Å². The smallest absolute Gasteiger partial charge is 0.325 e. The average Bonchev–Trinajstić information content (AvgIpc) is 4.21. The number of nitrogens with zero attached hydrogens (tertiary/aromatic N) is 6. The summed E-state index contributed by atoms with van der Waals surface area (Å²) in [5.41, 5.74) is 8.38. The van der Waals surface area contributed by atoms with Crippen molar-refractivity contribution in [2.45, 2.75) is 146 Å². The highest BCUT2D eigenvalue weighted by molar-refractivity contribution is 5.86. The fraction of sp³-hybridized carbons (Fsp3) is 0.536. The van der Waals surface area contributed by atoms with Crippen LogP contribution in [0.5, 0.6) is 0 Å².